The SMILES string of the molecule is CC(C)c1ccc(C(=O)c2ncc(Cl)cc2Cl)cc1. The minimum absolute atomic E-state index is 0.197. The van der Waals surface area contributed by atoms with Crippen molar-refractivity contribution in [2.75, 3.05) is 0 Å². The molecule has 98 valence electrons. The van der Waals surface area contributed by atoms with Crippen molar-refractivity contribution < 1.29 is 4.79 Å². The van der Waals surface area contributed by atoms with E-state index in [4.69, 9.17) is 23.2 Å². The fraction of sp³-hybridized carbons (Fsp3) is 0.200. The van der Waals surface area contributed by atoms with Crippen LogP contribution in [0.1, 0.15) is 41.4 Å². The number of benzene rings is 1. The molecule has 1 aromatic carbocycles. The van der Waals surface area contributed by atoms with Gasteiger partial charge in [0.05, 0.1) is 10.0 Å². The molecule has 0 atom stereocenters. The van der Waals surface area contributed by atoms with Gasteiger partial charge >= 0.3 is 0 Å². The lowest BCUT2D eigenvalue weighted by Gasteiger charge is -2.07. The van der Waals surface area contributed by atoms with Crippen molar-refractivity contribution in [2.24, 2.45) is 0 Å². The highest BCUT2D eigenvalue weighted by Crippen LogP contribution is 2.22. The van der Waals surface area contributed by atoms with Gasteiger partial charge in [0.15, 0.2) is 0 Å². The van der Waals surface area contributed by atoms with Gasteiger partial charge < -0.3 is 0 Å². The van der Waals surface area contributed by atoms with Gasteiger partial charge in [-0.2, -0.15) is 0 Å². The van der Waals surface area contributed by atoms with E-state index in [1.807, 2.05) is 12.1 Å². The van der Waals surface area contributed by atoms with Crippen molar-refractivity contribution in [1.82, 2.24) is 4.98 Å². The van der Waals surface area contributed by atoms with Crippen molar-refractivity contribution >= 4 is 29.0 Å². The molecular weight excluding hydrogens is 281 g/mol. The summed E-state index contributed by atoms with van der Waals surface area (Å²) in [6.07, 6.45) is 1.42. The smallest absolute Gasteiger partial charge is 0.212 e. The maximum atomic E-state index is 12.3. The molecule has 1 heterocycles. The zero-order valence-corrected chi connectivity index (χ0v) is 12.2. The van der Waals surface area contributed by atoms with E-state index >= 15 is 0 Å². The van der Waals surface area contributed by atoms with Crippen LogP contribution in [0.3, 0.4) is 0 Å². The fourth-order valence-electron chi connectivity index (χ4n) is 1.74. The van der Waals surface area contributed by atoms with Crippen molar-refractivity contribution in [1.29, 1.82) is 0 Å². The minimum atomic E-state index is -0.197. The van der Waals surface area contributed by atoms with Crippen LogP contribution < -0.4 is 0 Å². The lowest BCUT2D eigenvalue weighted by atomic mass is 9.99. The minimum Gasteiger partial charge on any atom is -0.287 e. The predicted octanol–water partition coefficient (Wildman–Crippen LogP) is 4.74. The average molecular weight is 294 g/mol. The van der Waals surface area contributed by atoms with Gasteiger partial charge in [0, 0.05) is 11.8 Å². The third-order valence-corrected chi connectivity index (χ3v) is 3.36. The van der Waals surface area contributed by atoms with E-state index in [9.17, 15) is 4.79 Å². The standard InChI is InChI=1S/C15H13Cl2NO/c1-9(2)10-3-5-11(6-4-10)15(19)14-13(17)7-12(16)8-18-14/h3-9H,1-2H3. The second-order valence-electron chi connectivity index (χ2n) is 4.59. The summed E-state index contributed by atoms with van der Waals surface area (Å²) in [5.41, 5.74) is 1.98. The van der Waals surface area contributed by atoms with Crippen LogP contribution in [-0.4, -0.2) is 10.8 Å². The van der Waals surface area contributed by atoms with Gasteiger partial charge in [-0.05, 0) is 17.5 Å². The van der Waals surface area contributed by atoms with E-state index in [-0.39, 0.29) is 16.5 Å². The van der Waals surface area contributed by atoms with Crippen LogP contribution in [-0.2, 0) is 0 Å². The topological polar surface area (TPSA) is 30.0 Å². The zero-order valence-electron chi connectivity index (χ0n) is 10.7. The summed E-state index contributed by atoms with van der Waals surface area (Å²) in [7, 11) is 0. The maximum Gasteiger partial charge on any atom is 0.212 e. The number of carbonyl (C=O) groups excluding carboxylic acids is 1. The summed E-state index contributed by atoms with van der Waals surface area (Å²) in [5.74, 6) is 0.235. The van der Waals surface area contributed by atoms with Gasteiger partial charge in [0.25, 0.3) is 0 Å². The molecule has 0 radical (unpaired) electrons. The van der Waals surface area contributed by atoms with Gasteiger partial charge in [-0.15, -0.1) is 0 Å². The Labute approximate surface area is 122 Å². The molecular formula is C15H13Cl2NO. The molecule has 0 aliphatic rings. The molecule has 0 saturated carbocycles. The van der Waals surface area contributed by atoms with E-state index < -0.39 is 0 Å². The first-order valence-electron chi connectivity index (χ1n) is 5.94. The predicted molar refractivity (Wildman–Crippen MR) is 78.2 cm³/mol. The number of nitrogens with zero attached hydrogens (tertiary/aromatic N) is 1. The molecule has 0 amide bonds. The molecule has 0 aliphatic carbocycles. The quantitative estimate of drug-likeness (QED) is 0.765. The highest BCUT2D eigenvalue weighted by molar-refractivity contribution is 6.37. The summed E-state index contributed by atoms with van der Waals surface area (Å²) in [5, 5.41) is 0.683. The number of hydrogen-bond acceptors (Lipinski definition) is 2. The van der Waals surface area contributed by atoms with Crippen LogP contribution in [0.15, 0.2) is 36.5 Å². The van der Waals surface area contributed by atoms with Crippen molar-refractivity contribution in [3.63, 3.8) is 0 Å². The third kappa shape index (κ3) is 3.14. The first-order chi connectivity index (χ1) is 8.99. The van der Waals surface area contributed by atoms with Gasteiger partial charge in [-0.3, -0.25) is 4.79 Å². The Balaban J connectivity index is 2.33. The summed E-state index contributed by atoms with van der Waals surface area (Å²) in [6.45, 7) is 4.21. The molecule has 0 bridgehead atoms. The third-order valence-electron chi connectivity index (χ3n) is 2.86. The Morgan fingerprint density at radius 3 is 2.32 bits per heavy atom. The highest BCUT2D eigenvalue weighted by atomic mass is 35.5. The molecule has 0 unspecified atom stereocenters. The molecule has 0 saturated heterocycles. The van der Waals surface area contributed by atoms with E-state index in [2.05, 4.69) is 18.8 Å². The Kier molecular flexibility index (Phi) is 4.23. The van der Waals surface area contributed by atoms with Crippen LogP contribution in [0.4, 0.5) is 0 Å². The molecule has 0 spiro atoms. The van der Waals surface area contributed by atoms with Gasteiger partial charge in [-0.1, -0.05) is 61.3 Å². The van der Waals surface area contributed by atoms with E-state index in [0.29, 0.717) is 16.5 Å². The number of aromatic nitrogens is 1. The summed E-state index contributed by atoms with van der Waals surface area (Å²) in [6, 6.07) is 9.00. The summed E-state index contributed by atoms with van der Waals surface area (Å²) >= 11 is 11.8. The molecule has 0 N–H and O–H groups in total. The van der Waals surface area contributed by atoms with Gasteiger partial charge in [0.1, 0.15) is 5.69 Å². The van der Waals surface area contributed by atoms with Gasteiger partial charge in [0.2, 0.25) is 5.78 Å². The molecule has 0 aliphatic heterocycles. The molecule has 4 heteroatoms. The Morgan fingerprint density at radius 2 is 1.79 bits per heavy atom. The summed E-state index contributed by atoms with van der Waals surface area (Å²) in [4.78, 5) is 16.3. The second kappa shape index (κ2) is 5.72. The Bertz CT molecular complexity index is 606. The average Bonchev–Trinajstić information content (AvgIpc) is 2.38. The van der Waals surface area contributed by atoms with Crippen LogP contribution >= 0.6 is 23.2 Å². The summed E-state index contributed by atoms with van der Waals surface area (Å²) < 4.78 is 0. The second-order valence-corrected chi connectivity index (χ2v) is 5.43. The first-order valence-corrected chi connectivity index (χ1v) is 6.70. The van der Waals surface area contributed by atoms with Crippen LogP contribution in [0, 0.1) is 0 Å². The molecule has 19 heavy (non-hydrogen) atoms. The normalized spacial score (nSPS) is 10.8. The lowest BCUT2D eigenvalue weighted by Crippen LogP contribution is -2.05. The fourth-order valence-corrected chi connectivity index (χ4v) is 2.20. The maximum absolute atomic E-state index is 12.3. The molecule has 2 nitrogen and oxygen atoms in total. The number of hydrogen-bond donors (Lipinski definition) is 0. The zero-order chi connectivity index (χ0) is 14.0. The molecule has 0 fully saturated rings. The highest BCUT2D eigenvalue weighted by Gasteiger charge is 2.15. The number of pyridine rings is 1. The van der Waals surface area contributed by atoms with Crippen LogP contribution in [0.2, 0.25) is 10.0 Å². The first kappa shape index (κ1) is 14.0. The van der Waals surface area contributed by atoms with Gasteiger partial charge in [-0.25, -0.2) is 4.98 Å². The Hall–Kier alpha value is -1.38. The number of ketones is 1. The van der Waals surface area contributed by atoms with E-state index in [1.165, 1.54) is 17.8 Å². The Morgan fingerprint density at radius 1 is 1.16 bits per heavy atom. The number of carbonyl (C=O) groups is 1. The molecule has 2 aromatic rings. The van der Waals surface area contributed by atoms with E-state index in [0.717, 1.165) is 0 Å². The van der Waals surface area contributed by atoms with Crippen LogP contribution in [0.5, 0.6) is 0 Å². The van der Waals surface area contributed by atoms with Crippen molar-refractivity contribution in [3.05, 3.63) is 63.4 Å². The lowest BCUT2D eigenvalue weighted by molar-refractivity contribution is 0.103. The largest absolute Gasteiger partial charge is 0.287 e. The molecule has 1 aromatic heterocycles. The van der Waals surface area contributed by atoms with E-state index in [1.54, 1.807) is 12.1 Å². The number of rotatable bonds is 3. The van der Waals surface area contributed by atoms with Crippen LogP contribution in [0.25, 0.3) is 0 Å². The molecule has 2 rings (SSSR count). The number of halogens is 2. The van der Waals surface area contributed by atoms with Crippen molar-refractivity contribution in [2.45, 2.75) is 19.8 Å². The van der Waals surface area contributed by atoms with Crippen molar-refractivity contribution in [3.8, 4) is 0 Å². The monoisotopic (exact) mass is 293 g/mol.